The second-order valence-electron chi connectivity index (χ2n) is 6.81. The number of ether oxygens (including phenoxy) is 3. The molecule has 140 valence electrons. The van der Waals surface area contributed by atoms with E-state index in [0.717, 1.165) is 0 Å². The molecule has 2 saturated heterocycles. The molecule has 0 unspecified atom stereocenters. The van der Waals surface area contributed by atoms with Crippen molar-refractivity contribution < 1.29 is 19.0 Å². The van der Waals surface area contributed by atoms with Crippen molar-refractivity contribution in [2.24, 2.45) is 0 Å². The second kappa shape index (κ2) is 6.12. The molecular weight excluding hydrogens is 362 g/mol. The topological polar surface area (TPSA) is 100 Å². The summed E-state index contributed by atoms with van der Waals surface area (Å²) < 4.78 is 19.7. The third-order valence-corrected chi connectivity index (χ3v) is 4.65. The summed E-state index contributed by atoms with van der Waals surface area (Å²) in [6.07, 6.45) is -0.826. The van der Waals surface area contributed by atoms with Gasteiger partial charge in [-0.3, -0.25) is 9.36 Å². The van der Waals surface area contributed by atoms with Gasteiger partial charge in [0.15, 0.2) is 23.8 Å². The van der Waals surface area contributed by atoms with Crippen molar-refractivity contribution in [1.82, 2.24) is 24.8 Å². The summed E-state index contributed by atoms with van der Waals surface area (Å²) in [6.45, 7) is 7.78. The van der Waals surface area contributed by atoms with Crippen LogP contribution in [0.3, 0.4) is 0 Å². The summed E-state index contributed by atoms with van der Waals surface area (Å²) >= 11 is 6.01. The number of nitrogens with zero attached hydrogens (tertiary/aromatic N) is 4. The Morgan fingerprint density at radius 1 is 1.35 bits per heavy atom. The minimum atomic E-state index is -0.818. The Morgan fingerprint density at radius 3 is 2.81 bits per heavy atom. The van der Waals surface area contributed by atoms with Crippen molar-refractivity contribution in [3.63, 3.8) is 0 Å². The normalized spacial score (nSPS) is 29.9. The molecule has 0 radical (unpaired) electrons. The number of likely N-dealkylation sites (N-methyl/N-ethyl adjacent to an activating group) is 1. The quantitative estimate of drug-likeness (QED) is 0.800. The molecule has 10 heteroatoms. The molecule has 2 aliphatic heterocycles. The summed E-state index contributed by atoms with van der Waals surface area (Å²) in [5.41, 5.74) is 1.81. The Balaban J connectivity index is 1.76. The first-order valence-corrected chi connectivity index (χ1v) is 8.84. The summed E-state index contributed by atoms with van der Waals surface area (Å²) in [6, 6.07) is 0. The van der Waals surface area contributed by atoms with Gasteiger partial charge in [-0.2, -0.15) is 4.98 Å². The molecule has 1 N–H and O–H groups in total. The van der Waals surface area contributed by atoms with Gasteiger partial charge in [0.05, 0.1) is 12.0 Å². The number of carbonyl (C=O) groups excluding carboxylic acids is 1. The van der Waals surface area contributed by atoms with Crippen LogP contribution in [0.25, 0.3) is 11.2 Å². The Morgan fingerprint density at radius 2 is 2.08 bits per heavy atom. The lowest BCUT2D eigenvalue weighted by Crippen LogP contribution is -2.42. The summed E-state index contributed by atoms with van der Waals surface area (Å²) in [4.78, 5) is 25.2. The molecule has 2 fully saturated rings. The fourth-order valence-electron chi connectivity index (χ4n) is 3.50. The summed E-state index contributed by atoms with van der Waals surface area (Å²) in [7, 11) is 0. The Hall–Kier alpha value is -1.81. The molecule has 0 saturated carbocycles. The highest BCUT2D eigenvalue weighted by molar-refractivity contribution is 6.28. The average Bonchev–Trinajstić information content (AvgIpc) is 3.18. The third-order valence-electron chi connectivity index (χ3n) is 4.48. The maximum Gasteiger partial charge on any atom is 0.252 e. The van der Waals surface area contributed by atoms with Gasteiger partial charge in [0, 0.05) is 6.54 Å². The maximum absolute atomic E-state index is 12.4. The molecule has 4 rings (SSSR count). The number of hydrogen-bond donors (Lipinski definition) is 1. The van der Waals surface area contributed by atoms with Crippen molar-refractivity contribution in [3.05, 3.63) is 17.3 Å². The van der Waals surface area contributed by atoms with Gasteiger partial charge < -0.3 is 19.5 Å². The number of carbonyl (C=O) groups is 1. The highest BCUT2D eigenvalue weighted by Gasteiger charge is 2.58. The smallest absolute Gasteiger partial charge is 0.252 e. The molecule has 4 heterocycles. The monoisotopic (exact) mass is 381 g/mol. The van der Waals surface area contributed by atoms with Crippen LogP contribution < -0.4 is 5.32 Å². The largest absolute Gasteiger partial charge is 0.354 e. The van der Waals surface area contributed by atoms with Gasteiger partial charge in [-0.05, 0) is 39.3 Å². The van der Waals surface area contributed by atoms with E-state index in [9.17, 15) is 4.79 Å². The lowest BCUT2D eigenvalue weighted by molar-refractivity contribution is -0.197. The fraction of sp³-hybridized carbons (Fsp3) is 0.625. The van der Waals surface area contributed by atoms with Gasteiger partial charge >= 0.3 is 0 Å². The van der Waals surface area contributed by atoms with E-state index in [0.29, 0.717) is 23.4 Å². The van der Waals surface area contributed by atoms with E-state index in [1.165, 1.54) is 0 Å². The molecule has 2 aliphatic rings. The first kappa shape index (κ1) is 17.6. The van der Waals surface area contributed by atoms with Gasteiger partial charge in [-0.25, -0.2) is 9.97 Å². The van der Waals surface area contributed by atoms with Crippen molar-refractivity contribution in [1.29, 1.82) is 0 Å². The number of fused-ring (bicyclic) bond motifs is 2. The van der Waals surface area contributed by atoms with Crippen molar-refractivity contribution >= 4 is 28.7 Å². The molecule has 1 amide bonds. The second-order valence-corrected chi connectivity index (χ2v) is 7.15. The highest BCUT2D eigenvalue weighted by Crippen LogP contribution is 2.43. The van der Waals surface area contributed by atoms with E-state index >= 15 is 0 Å². The Labute approximate surface area is 155 Å². The lowest BCUT2D eigenvalue weighted by atomic mass is 10.1. The van der Waals surface area contributed by atoms with E-state index < -0.39 is 30.3 Å². The number of amides is 1. The first-order chi connectivity index (χ1) is 12.3. The van der Waals surface area contributed by atoms with Gasteiger partial charge in [-0.15, -0.1) is 0 Å². The van der Waals surface area contributed by atoms with Crippen molar-refractivity contribution in [3.8, 4) is 0 Å². The highest BCUT2D eigenvalue weighted by atomic mass is 35.5. The third kappa shape index (κ3) is 2.75. The number of aryl methyl sites for hydroxylation is 1. The minimum absolute atomic E-state index is 0.121. The molecule has 0 aromatic carbocycles. The molecule has 2 aromatic rings. The van der Waals surface area contributed by atoms with Crippen molar-refractivity contribution in [2.45, 2.75) is 58.0 Å². The van der Waals surface area contributed by atoms with Crippen LogP contribution >= 0.6 is 11.6 Å². The number of halogens is 1. The fourth-order valence-corrected chi connectivity index (χ4v) is 3.70. The van der Waals surface area contributed by atoms with E-state index in [1.54, 1.807) is 17.8 Å². The van der Waals surface area contributed by atoms with Gasteiger partial charge in [0.1, 0.15) is 17.7 Å². The molecule has 2 aromatic heterocycles. The Kier molecular flexibility index (Phi) is 4.14. The van der Waals surface area contributed by atoms with E-state index in [4.69, 9.17) is 25.8 Å². The van der Waals surface area contributed by atoms with Crippen molar-refractivity contribution in [2.75, 3.05) is 6.54 Å². The van der Waals surface area contributed by atoms with Crippen LogP contribution in [-0.2, 0) is 19.0 Å². The first-order valence-electron chi connectivity index (χ1n) is 8.46. The Bertz CT molecular complexity index is 870. The SMILES string of the molecule is CCNC(=O)[C@H]1O[C@@H](n2cnc3c(C)nc(Cl)nc32)[C@@H]2OC(C)(C)O[C@@H]21. The number of nitrogens with one attached hydrogen (secondary N) is 1. The average molecular weight is 382 g/mol. The molecule has 0 bridgehead atoms. The number of rotatable bonds is 3. The van der Waals surface area contributed by atoms with E-state index in [2.05, 4.69) is 20.3 Å². The van der Waals surface area contributed by atoms with Gasteiger partial charge in [-0.1, -0.05) is 0 Å². The minimum Gasteiger partial charge on any atom is -0.354 e. The van der Waals surface area contributed by atoms with Gasteiger partial charge in [0.2, 0.25) is 5.28 Å². The molecule has 9 nitrogen and oxygen atoms in total. The number of hydrogen-bond acceptors (Lipinski definition) is 7. The molecule has 4 atom stereocenters. The lowest BCUT2D eigenvalue weighted by Gasteiger charge is -2.24. The zero-order valence-corrected chi connectivity index (χ0v) is 15.6. The predicted octanol–water partition coefficient (Wildman–Crippen LogP) is 1.34. The van der Waals surface area contributed by atoms with E-state index in [-0.39, 0.29) is 11.2 Å². The summed E-state index contributed by atoms with van der Waals surface area (Å²) in [5.74, 6) is -1.05. The van der Waals surface area contributed by atoms with Crippen LogP contribution in [0.2, 0.25) is 5.28 Å². The number of aromatic nitrogens is 4. The molecule has 0 aliphatic carbocycles. The molecule has 0 spiro atoms. The standard InChI is InChI=1S/C16H20ClN5O4/c1-5-18-13(23)10-9-11(26-16(3,4)25-9)14(24-10)22-6-19-8-7(2)20-15(17)21-12(8)22/h6,9-11,14H,5H2,1-4H3,(H,18,23)/t9-,10+,11-,14-/m1/s1. The molecular formula is C16H20ClN5O4. The molecule has 26 heavy (non-hydrogen) atoms. The summed E-state index contributed by atoms with van der Waals surface area (Å²) in [5, 5.41) is 2.90. The zero-order chi connectivity index (χ0) is 18.6. The zero-order valence-electron chi connectivity index (χ0n) is 14.9. The number of imidazole rings is 1. The van der Waals surface area contributed by atoms with Crippen LogP contribution in [0.5, 0.6) is 0 Å². The maximum atomic E-state index is 12.4. The van der Waals surface area contributed by atoms with Crippen LogP contribution in [0.15, 0.2) is 6.33 Å². The van der Waals surface area contributed by atoms with Crippen LogP contribution in [0.1, 0.15) is 32.7 Å². The van der Waals surface area contributed by atoms with E-state index in [1.807, 2.05) is 20.8 Å². The predicted molar refractivity (Wildman–Crippen MR) is 91.5 cm³/mol. The van der Waals surface area contributed by atoms with Gasteiger partial charge in [0.25, 0.3) is 5.91 Å². The van der Waals surface area contributed by atoms with Crippen LogP contribution in [0, 0.1) is 6.92 Å². The van der Waals surface area contributed by atoms with Crippen LogP contribution in [0.4, 0.5) is 0 Å². The van der Waals surface area contributed by atoms with Crippen LogP contribution in [-0.4, -0.2) is 56.1 Å².